The summed E-state index contributed by atoms with van der Waals surface area (Å²) in [5.74, 6) is 0.318. The van der Waals surface area contributed by atoms with Crippen molar-refractivity contribution in [2.45, 2.75) is 19.1 Å². The molecule has 0 bridgehead atoms. The van der Waals surface area contributed by atoms with E-state index in [4.69, 9.17) is 14.2 Å². The first-order valence-corrected chi connectivity index (χ1v) is 6.40. The number of rotatable bonds is 9. The number of carbonyl (C=O) groups is 1. The van der Waals surface area contributed by atoms with Gasteiger partial charge in [-0.3, -0.25) is 0 Å². The number of ether oxygens (including phenoxy) is 3. The highest BCUT2D eigenvalue weighted by molar-refractivity contribution is 5.81. The van der Waals surface area contributed by atoms with Gasteiger partial charge in [0.05, 0.1) is 13.2 Å². The number of hydrogen-bond acceptors (Lipinski definition) is 5. The zero-order valence-electron chi connectivity index (χ0n) is 11.6. The summed E-state index contributed by atoms with van der Waals surface area (Å²) in [7, 11) is 1.44. The zero-order valence-corrected chi connectivity index (χ0v) is 11.6. The van der Waals surface area contributed by atoms with Gasteiger partial charge in [-0.25, -0.2) is 4.79 Å². The topological polar surface area (TPSA) is 65.0 Å². The van der Waals surface area contributed by atoms with Crippen LogP contribution in [-0.4, -0.2) is 31.4 Å². The molecule has 0 fully saturated rings. The fraction of sp³-hybridized carbons (Fsp3) is 0.400. The number of carbonyl (C=O) groups excluding carboxylic acids is 1. The molecule has 1 unspecified atom stereocenters. The Balaban J connectivity index is 2.19. The van der Waals surface area contributed by atoms with Gasteiger partial charge in [0.15, 0.2) is 6.29 Å². The molecule has 1 aromatic carbocycles. The van der Waals surface area contributed by atoms with E-state index in [-0.39, 0.29) is 0 Å². The minimum absolute atomic E-state index is 0.368. The van der Waals surface area contributed by atoms with Gasteiger partial charge < -0.3 is 19.3 Å². The fourth-order valence-corrected chi connectivity index (χ4v) is 1.49. The summed E-state index contributed by atoms with van der Waals surface area (Å²) in [5, 5.41) is 9.45. The average Bonchev–Trinajstić information content (AvgIpc) is 2.50. The number of hydrogen-bond donors (Lipinski definition) is 1. The predicted molar refractivity (Wildman–Crippen MR) is 74.3 cm³/mol. The smallest absolute Gasteiger partial charge is 0.330 e. The Hall–Kier alpha value is -1.85. The molecule has 0 saturated carbocycles. The molecule has 1 atom stereocenters. The van der Waals surface area contributed by atoms with E-state index < -0.39 is 12.3 Å². The molecule has 0 aliphatic rings. The van der Waals surface area contributed by atoms with Crippen LogP contribution in [0.25, 0.3) is 0 Å². The average molecular weight is 280 g/mol. The first-order chi connectivity index (χ1) is 9.67. The lowest BCUT2D eigenvalue weighted by Crippen LogP contribution is -2.04. The Labute approximate surface area is 118 Å². The van der Waals surface area contributed by atoms with E-state index in [9.17, 15) is 9.90 Å². The van der Waals surface area contributed by atoms with Gasteiger partial charge >= 0.3 is 5.97 Å². The highest BCUT2D eigenvalue weighted by Crippen LogP contribution is 2.18. The lowest BCUT2D eigenvalue weighted by molar-refractivity contribution is -0.137. The van der Waals surface area contributed by atoms with Crippen LogP contribution < -0.4 is 4.74 Å². The first-order valence-electron chi connectivity index (χ1n) is 6.40. The Morgan fingerprint density at radius 1 is 1.30 bits per heavy atom. The molecule has 20 heavy (non-hydrogen) atoms. The van der Waals surface area contributed by atoms with Crippen LogP contribution >= 0.6 is 0 Å². The van der Waals surface area contributed by atoms with Crippen LogP contribution in [-0.2, 0) is 14.3 Å². The maximum Gasteiger partial charge on any atom is 0.330 e. The molecule has 1 N–H and O–H groups in total. The van der Waals surface area contributed by atoms with Gasteiger partial charge in [0.25, 0.3) is 0 Å². The number of unbranched alkanes of at least 4 members (excludes halogenated alkanes) is 1. The summed E-state index contributed by atoms with van der Waals surface area (Å²) in [5.41, 5.74) is 0.677. The van der Waals surface area contributed by atoms with E-state index in [1.54, 1.807) is 24.3 Å². The van der Waals surface area contributed by atoms with E-state index in [1.165, 1.54) is 7.11 Å². The molecule has 5 nitrogen and oxygen atoms in total. The predicted octanol–water partition coefficient (Wildman–Crippen LogP) is 2.21. The van der Waals surface area contributed by atoms with E-state index in [2.05, 4.69) is 6.58 Å². The summed E-state index contributed by atoms with van der Waals surface area (Å²) < 4.78 is 15.2. The van der Waals surface area contributed by atoms with Crippen molar-refractivity contribution in [1.29, 1.82) is 0 Å². The molecular formula is C15H20O5. The summed E-state index contributed by atoms with van der Waals surface area (Å²) in [6.07, 6.45) is 1.75. The van der Waals surface area contributed by atoms with Crippen LogP contribution in [0.5, 0.6) is 5.75 Å². The third kappa shape index (κ3) is 5.86. The standard InChI is InChI=1S/C15H20O5/c1-3-14(16)20-11-5-4-10-19-13-8-6-12(7-9-13)15(17)18-2/h3,6-9,15,17H,1,4-5,10-11H2,2H3. The number of aliphatic hydroxyl groups excluding tert-OH is 1. The van der Waals surface area contributed by atoms with E-state index in [0.717, 1.165) is 24.7 Å². The molecule has 1 aromatic rings. The molecule has 0 amide bonds. The van der Waals surface area contributed by atoms with Crippen molar-refractivity contribution in [3.05, 3.63) is 42.5 Å². The van der Waals surface area contributed by atoms with Crippen molar-refractivity contribution < 1.29 is 24.1 Å². The molecule has 0 heterocycles. The van der Waals surface area contributed by atoms with Crippen molar-refractivity contribution in [3.63, 3.8) is 0 Å². The van der Waals surface area contributed by atoms with Gasteiger partial charge in [-0.15, -0.1) is 0 Å². The fourth-order valence-electron chi connectivity index (χ4n) is 1.49. The Kier molecular flexibility index (Phi) is 7.39. The molecule has 0 aliphatic carbocycles. The Morgan fingerprint density at radius 2 is 1.95 bits per heavy atom. The highest BCUT2D eigenvalue weighted by atomic mass is 16.6. The van der Waals surface area contributed by atoms with Crippen LogP contribution in [0.2, 0.25) is 0 Å². The van der Waals surface area contributed by atoms with Crippen LogP contribution in [0.1, 0.15) is 24.7 Å². The van der Waals surface area contributed by atoms with Crippen LogP contribution in [0.4, 0.5) is 0 Å². The van der Waals surface area contributed by atoms with Crippen molar-refractivity contribution in [2.24, 2.45) is 0 Å². The SMILES string of the molecule is C=CC(=O)OCCCCOc1ccc(C(O)OC)cc1. The van der Waals surface area contributed by atoms with E-state index >= 15 is 0 Å². The maximum absolute atomic E-state index is 10.8. The summed E-state index contributed by atoms with van der Waals surface area (Å²) in [6.45, 7) is 4.22. The number of methoxy groups -OCH3 is 1. The third-order valence-corrected chi connectivity index (χ3v) is 2.61. The van der Waals surface area contributed by atoms with Gasteiger partial charge in [0.1, 0.15) is 5.75 Å². The van der Waals surface area contributed by atoms with Crippen molar-refractivity contribution in [1.82, 2.24) is 0 Å². The Morgan fingerprint density at radius 3 is 2.55 bits per heavy atom. The zero-order chi connectivity index (χ0) is 14.8. The van der Waals surface area contributed by atoms with Crippen LogP contribution in [0, 0.1) is 0 Å². The minimum Gasteiger partial charge on any atom is -0.494 e. The summed E-state index contributed by atoms with van der Waals surface area (Å²) >= 11 is 0. The summed E-state index contributed by atoms with van der Waals surface area (Å²) in [4.78, 5) is 10.8. The van der Waals surface area contributed by atoms with Crippen LogP contribution in [0.15, 0.2) is 36.9 Å². The van der Waals surface area contributed by atoms with Gasteiger partial charge in [0, 0.05) is 18.7 Å². The molecule has 5 heteroatoms. The van der Waals surface area contributed by atoms with Gasteiger partial charge in [-0.05, 0) is 25.0 Å². The molecule has 0 aliphatic heterocycles. The summed E-state index contributed by atoms with van der Waals surface area (Å²) in [6, 6.07) is 7.04. The molecule has 0 aromatic heterocycles. The third-order valence-electron chi connectivity index (χ3n) is 2.61. The molecular weight excluding hydrogens is 260 g/mol. The number of aliphatic hydroxyl groups is 1. The second-order valence-corrected chi connectivity index (χ2v) is 4.08. The molecule has 0 radical (unpaired) electrons. The van der Waals surface area contributed by atoms with Crippen molar-refractivity contribution in [3.8, 4) is 5.75 Å². The number of benzene rings is 1. The van der Waals surface area contributed by atoms with Crippen LogP contribution in [0.3, 0.4) is 0 Å². The normalized spacial score (nSPS) is 11.7. The first kappa shape index (κ1) is 16.2. The molecule has 0 spiro atoms. The van der Waals surface area contributed by atoms with E-state index in [1.807, 2.05) is 0 Å². The lowest BCUT2D eigenvalue weighted by Gasteiger charge is -2.10. The number of esters is 1. The molecule has 110 valence electrons. The quantitative estimate of drug-likeness (QED) is 0.325. The monoisotopic (exact) mass is 280 g/mol. The molecule has 1 rings (SSSR count). The van der Waals surface area contributed by atoms with Crippen molar-refractivity contribution in [2.75, 3.05) is 20.3 Å². The second-order valence-electron chi connectivity index (χ2n) is 4.08. The van der Waals surface area contributed by atoms with Gasteiger partial charge in [-0.1, -0.05) is 18.7 Å². The Bertz CT molecular complexity index is 413. The van der Waals surface area contributed by atoms with Gasteiger partial charge in [0.2, 0.25) is 0 Å². The van der Waals surface area contributed by atoms with Gasteiger partial charge in [-0.2, -0.15) is 0 Å². The molecule has 0 saturated heterocycles. The minimum atomic E-state index is -0.913. The lowest BCUT2D eigenvalue weighted by atomic mass is 10.2. The van der Waals surface area contributed by atoms with E-state index in [0.29, 0.717) is 18.8 Å². The highest BCUT2D eigenvalue weighted by Gasteiger charge is 2.04. The largest absolute Gasteiger partial charge is 0.494 e. The second kappa shape index (κ2) is 9.12. The van der Waals surface area contributed by atoms with Crippen molar-refractivity contribution >= 4 is 5.97 Å². The maximum atomic E-state index is 10.8.